The zero-order valence-electron chi connectivity index (χ0n) is 16.2. The van der Waals surface area contributed by atoms with Crippen LogP contribution in [0.15, 0.2) is 66.7 Å². The Morgan fingerprint density at radius 1 is 0.750 bits per heavy atom. The summed E-state index contributed by atoms with van der Waals surface area (Å²) in [7, 11) is 12.9. The van der Waals surface area contributed by atoms with E-state index in [0.717, 1.165) is 12.8 Å². The molecule has 0 saturated heterocycles. The van der Waals surface area contributed by atoms with E-state index >= 15 is 0 Å². The fourth-order valence-electron chi connectivity index (χ4n) is 4.07. The molecule has 0 N–H and O–H groups in total. The molecule has 4 rings (SSSR count). The zero-order valence-corrected chi connectivity index (χ0v) is 20.1. The van der Waals surface area contributed by atoms with E-state index in [2.05, 4.69) is 86.7 Å². The molecular formula is C25H23Cl2Zr. The van der Waals surface area contributed by atoms with Gasteiger partial charge in [0, 0.05) is 0 Å². The third-order valence-corrected chi connectivity index (χ3v) is 11.0. The van der Waals surface area contributed by atoms with Crippen molar-refractivity contribution in [2.75, 3.05) is 0 Å². The van der Waals surface area contributed by atoms with Crippen molar-refractivity contribution in [3.8, 4) is 0 Å². The number of allylic oxidation sites excluding steroid dienone is 1. The van der Waals surface area contributed by atoms with Crippen LogP contribution in [0.4, 0.5) is 0 Å². The summed E-state index contributed by atoms with van der Waals surface area (Å²) in [4.78, 5) is 0. The van der Waals surface area contributed by atoms with Gasteiger partial charge in [0.1, 0.15) is 0 Å². The van der Waals surface area contributed by atoms with E-state index in [1.54, 1.807) is 0 Å². The number of halogens is 2. The number of aryl methyl sites for hydroxylation is 2. The van der Waals surface area contributed by atoms with Crippen LogP contribution in [0.25, 0.3) is 6.08 Å². The second kappa shape index (κ2) is 8.70. The Balaban J connectivity index is 1.81. The molecule has 28 heavy (non-hydrogen) atoms. The Hall–Kier alpha value is -1.14. The van der Waals surface area contributed by atoms with Gasteiger partial charge in [0.15, 0.2) is 0 Å². The zero-order chi connectivity index (χ0) is 19.7. The summed E-state index contributed by atoms with van der Waals surface area (Å²) in [5, 5.41) is 0. The molecule has 0 heterocycles. The molecule has 1 aliphatic rings. The van der Waals surface area contributed by atoms with Crippen LogP contribution in [-0.2, 0) is 32.2 Å². The van der Waals surface area contributed by atoms with E-state index in [4.69, 9.17) is 17.0 Å². The van der Waals surface area contributed by atoms with Gasteiger partial charge in [-0.1, -0.05) is 0 Å². The maximum absolute atomic E-state index is 6.45. The molecule has 3 aromatic carbocycles. The second-order valence-corrected chi connectivity index (χ2v) is 16.5. The van der Waals surface area contributed by atoms with Crippen LogP contribution in [0.1, 0.15) is 48.1 Å². The number of hydrogen-bond acceptors (Lipinski definition) is 0. The quantitative estimate of drug-likeness (QED) is 0.351. The molecule has 141 valence electrons. The van der Waals surface area contributed by atoms with Crippen LogP contribution in [0.2, 0.25) is 0 Å². The van der Waals surface area contributed by atoms with Gasteiger partial charge in [-0.05, 0) is 0 Å². The predicted octanol–water partition coefficient (Wildman–Crippen LogP) is 7.48. The molecule has 3 aromatic rings. The van der Waals surface area contributed by atoms with Crippen molar-refractivity contribution in [2.45, 2.75) is 30.3 Å². The molecule has 0 spiro atoms. The first-order valence-electron chi connectivity index (χ1n) is 9.64. The minimum atomic E-state index is -2.39. The van der Waals surface area contributed by atoms with Crippen LogP contribution in [0.3, 0.4) is 0 Å². The van der Waals surface area contributed by atoms with E-state index in [-0.39, 0.29) is 3.63 Å². The van der Waals surface area contributed by atoms with E-state index < -0.39 is 19.4 Å². The summed E-state index contributed by atoms with van der Waals surface area (Å²) in [6, 6.07) is 21.9. The number of rotatable bonds is 5. The normalized spacial score (nSPS) is 14.9. The Morgan fingerprint density at radius 3 is 1.96 bits per heavy atom. The molecule has 0 bridgehead atoms. The Morgan fingerprint density at radius 2 is 1.36 bits per heavy atom. The first kappa shape index (κ1) is 20.1. The number of fused-ring (bicyclic) bond motifs is 1. The fraction of sp³-hybridized carbons (Fsp3) is 0.200. The molecule has 1 aliphatic carbocycles. The van der Waals surface area contributed by atoms with Crippen molar-refractivity contribution in [1.29, 1.82) is 0 Å². The van der Waals surface area contributed by atoms with Crippen molar-refractivity contribution in [3.63, 3.8) is 0 Å². The molecule has 1 atom stereocenters. The first-order valence-corrected chi connectivity index (χ1v) is 17.4. The van der Waals surface area contributed by atoms with Crippen LogP contribution >= 0.6 is 17.0 Å². The van der Waals surface area contributed by atoms with Gasteiger partial charge in [0.05, 0.1) is 0 Å². The molecule has 0 amide bonds. The molecule has 0 aliphatic heterocycles. The number of hydrogen-bond donors (Lipinski definition) is 0. The molecule has 0 aromatic heterocycles. The third-order valence-electron chi connectivity index (χ3n) is 5.78. The second-order valence-electron chi connectivity index (χ2n) is 7.54. The van der Waals surface area contributed by atoms with Crippen LogP contribution < -0.4 is 0 Å². The SMILES string of the molecule is Cc1ccccc1Cc1ccc2c(c1Cc1ccccc1C)C=C[CH]2[Zr]([Cl])[Cl]. The van der Waals surface area contributed by atoms with Gasteiger partial charge in [-0.15, -0.1) is 0 Å². The van der Waals surface area contributed by atoms with Gasteiger partial charge in [-0.3, -0.25) is 0 Å². The Labute approximate surface area is 183 Å². The summed E-state index contributed by atoms with van der Waals surface area (Å²) in [5.41, 5.74) is 11.0. The Bertz CT molecular complexity index is 1040. The van der Waals surface area contributed by atoms with E-state index in [9.17, 15) is 0 Å². The molecule has 0 saturated carbocycles. The molecule has 0 nitrogen and oxygen atoms in total. The predicted molar refractivity (Wildman–Crippen MR) is 118 cm³/mol. The topological polar surface area (TPSA) is 0 Å². The summed E-state index contributed by atoms with van der Waals surface area (Å²) in [6.07, 6.45) is 6.39. The average Bonchev–Trinajstić information content (AvgIpc) is 3.11. The molecule has 1 unspecified atom stereocenters. The van der Waals surface area contributed by atoms with Crippen molar-refractivity contribution in [1.82, 2.24) is 0 Å². The van der Waals surface area contributed by atoms with Gasteiger partial charge in [-0.25, -0.2) is 0 Å². The van der Waals surface area contributed by atoms with Gasteiger partial charge < -0.3 is 0 Å². The standard InChI is InChI=1S/C25H23.2ClH.Zr/c1-18-8-3-5-10-21(18)16-23-15-14-20-12-7-13-24(20)25(23)17-22-11-6-4-9-19(22)2;;;/h3-15H,16-17H2,1-2H3;2*1H;/q;;;+2/p-2. The van der Waals surface area contributed by atoms with E-state index in [1.165, 1.54) is 44.5 Å². The average molecular weight is 486 g/mol. The number of benzene rings is 3. The van der Waals surface area contributed by atoms with Crippen LogP contribution in [0, 0.1) is 13.8 Å². The minimum absolute atomic E-state index is 0.267. The van der Waals surface area contributed by atoms with Crippen molar-refractivity contribution in [3.05, 3.63) is 111 Å². The summed E-state index contributed by atoms with van der Waals surface area (Å²) in [5.74, 6) is 0. The molecule has 3 heteroatoms. The van der Waals surface area contributed by atoms with Crippen molar-refractivity contribution < 1.29 is 19.4 Å². The van der Waals surface area contributed by atoms with E-state index in [0.29, 0.717) is 0 Å². The molecule has 0 radical (unpaired) electrons. The van der Waals surface area contributed by atoms with Crippen molar-refractivity contribution >= 4 is 23.1 Å². The third kappa shape index (κ3) is 4.09. The fourth-order valence-corrected chi connectivity index (χ4v) is 8.11. The van der Waals surface area contributed by atoms with E-state index in [1.807, 2.05) is 0 Å². The summed E-state index contributed by atoms with van der Waals surface area (Å²) in [6.45, 7) is 4.39. The first-order chi connectivity index (χ1) is 13.5. The monoisotopic (exact) mass is 483 g/mol. The van der Waals surface area contributed by atoms with Gasteiger partial charge >= 0.3 is 184 Å². The summed E-state index contributed by atoms with van der Waals surface area (Å²) >= 11 is -2.39. The van der Waals surface area contributed by atoms with Gasteiger partial charge in [0.25, 0.3) is 0 Å². The van der Waals surface area contributed by atoms with Gasteiger partial charge in [0.2, 0.25) is 0 Å². The van der Waals surface area contributed by atoms with Crippen LogP contribution in [-0.4, -0.2) is 0 Å². The van der Waals surface area contributed by atoms with Gasteiger partial charge in [-0.2, -0.15) is 0 Å². The maximum atomic E-state index is 6.45. The summed E-state index contributed by atoms with van der Waals surface area (Å²) < 4.78 is 0.267. The Kier molecular flexibility index (Phi) is 6.26. The van der Waals surface area contributed by atoms with Crippen LogP contribution in [0.5, 0.6) is 0 Å². The molecular weight excluding hydrogens is 462 g/mol. The molecule has 0 fully saturated rings. The van der Waals surface area contributed by atoms with Crippen molar-refractivity contribution in [2.24, 2.45) is 0 Å².